The molecule has 0 aliphatic carbocycles. The Morgan fingerprint density at radius 1 is 0.500 bits per heavy atom. The van der Waals surface area contributed by atoms with Crippen molar-refractivity contribution in [2.45, 2.75) is 148 Å². The van der Waals surface area contributed by atoms with Crippen molar-refractivity contribution in [1.29, 1.82) is 0 Å². The van der Waals surface area contributed by atoms with Crippen LogP contribution in [0.15, 0.2) is 36.5 Å². The molecule has 186 valence electrons. The molecule has 1 N–H and O–H groups in total. The van der Waals surface area contributed by atoms with Crippen LogP contribution in [-0.4, -0.2) is 11.1 Å². The SMILES string of the molecule is CCCCCCCCCCCC=CCC=CCC=CCCCCCCCCCCC(=O)O. The third kappa shape index (κ3) is 28.7. The van der Waals surface area contributed by atoms with Gasteiger partial charge in [-0.3, -0.25) is 4.79 Å². The average molecular weight is 447 g/mol. The minimum atomic E-state index is -0.662. The lowest BCUT2D eigenvalue weighted by Crippen LogP contribution is -1.93. The Morgan fingerprint density at radius 3 is 1.25 bits per heavy atom. The van der Waals surface area contributed by atoms with Crippen LogP contribution in [-0.2, 0) is 4.79 Å². The summed E-state index contributed by atoms with van der Waals surface area (Å²) < 4.78 is 0. The number of carboxylic acids is 1. The van der Waals surface area contributed by atoms with Gasteiger partial charge in [-0.05, 0) is 44.9 Å². The van der Waals surface area contributed by atoms with Crippen molar-refractivity contribution in [3.05, 3.63) is 36.5 Å². The zero-order valence-electron chi connectivity index (χ0n) is 21.4. The summed E-state index contributed by atoms with van der Waals surface area (Å²) in [4.78, 5) is 10.4. The highest BCUT2D eigenvalue weighted by Crippen LogP contribution is 2.12. The number of carboxylic acid groups (broad SMARTS) is 1. The molecule has 0 bridgehead atoms. The molecule has 32 heavy (non-hydrogen) atoms. The Balaban J connectivity index is 3.24. The minimum absolute atomic E-state index is 0.331. The summed E-state index contributed by atoms with van der Waals surface area (Å²) in [5.41, 5.74) is 0. The van der Waals surface area contributed by atoms with E-state index in [1.807, 2.05) is 0 Å². The summed E-state index contributed by atoms with van der Waals surface area (Å²) in [5.74, 6) is -0.662. The van der Waals surface area contributed by atoms with E-state index >= 15 is 0 Å². The predicted octanol–water partition coefficient (Wildman–Crippen LogP) is 10.3. The topological polar surface area (TPSA) is 37.3 Å². The van der Waals surface area contributed by atoms with E-state index < -0.39 is 5.97 Å². The van der Waals surface area contributed by atoms with E-state index in [1.54, 1.807) is 0 Å². The van der Waals surface area contributed by atoms with Crippen LogP contribution in [0.3, 0.4) is 0 Å². The van der Waals surface area contributed by atoms with Gasteiger partial charge in [-0.2, -0.15) is 0 Å². The van der Waals surface area contributed by atoms with Crippen LogP contribution in [0.4, 0.5) is 0 Å². The maximum atomic E-state index is 10.4. The second-order valence-corrected chi connectivity index (χ2v) is 9.26. The van der Waals surface area contributed by atoms with E-state index in [2.05, 4.69) is 43.4 Å². The average Bonchev–Trinajstić information content (AvgIpc) is 2.78. The molecule has 0 fully saturated rings. The largest absolute Gasteiger partial charge is 0.481 e. The number of rotatable bonds is 25. The number of allylic oxidation sites excluding steroid dienone is 6. The van der Waals surface area contributed by atoms with Crippen molar-refractivity contribution in [2.75, 3.05) is 0 Å². The second-order valence-electron chi connectivity index (χ2n) is 9.26. The molecule has 0 aliphatic heterocycles. The fraction of sp³-hybridized carbons (Fsp3) is 0.767. The fourth-order valence-electron chi connectivity index (χ4n) is 3.95. The number of aliphatic carboxylic acids is 1. The van der Waals surface area contributed by atoms with Gasteiger partial charge in [-0.25, -0.2) is 0 Å². The van der Waals surface area contributed by atoms with Crippen LogP contribution in [0.2, 0.25) is 0 Å². The summed E-state index contributed by atoms with van der Waals surface area (Å²) in [5, 5.41) is 8.59. The van der Waals surface area contributed by atoms with E-state index in [0.29, 0.717) is 6.42 Å². The van der Waals surface area contributed by atoms with E-state index in [0.717, 1.165) is 25.7 Å². The first kappa shape index (κ1) is 30.7. The number of hydrogen-bond acceptors (Lipinski definition) is 1. The molecule has 2 nitrogen and oxygen atoms in total. The Labute approximate surface area is 200 Å². The summed E-state index contributed by atoms with van der Waals surface area (Å²) in [6.07, 6.45) is 41.0. The van der Waals surface area contributed by atoms with Crippen LogP contribution in [0.5, 0.6) is 0 Å². The second kappa shape index (κ2) is 27.7. The summed E-state index contributed by atoms with van der Waals surface area (Å²) in [7, 11) is 0. The van der Waals surface area contributed by atoms with Gasteiger partial charge >= 0.3 is 5.97 Å². The van der Waals surface area contributed by atoms with E-state index in [1.165, 1.54) is 109 Å². The molecule has 0 radical (unpaired) electrons. The van der Waals surface area contributed by atoms with Crippen LogP contribution >= 0.6 is 0 Å². The zero-order chi connectivity index (χ0) is 23.4. The maximum absolute atomic E-state index is 10.4. The summed E-state index contributed by atoms with van der Waals surface area (Å²) in [6, 6.07) is 0. The lowest BCUT2D eigenvalue weighted by Gasteiger charge is -2.00. The lowest BCUT2D eigenvalue weighted by atomic mass is 10.1. The Kier molecular flexibility index (Phi) is 26.6. The molecule has 0 amide bonds. The third-order valence-electron chi connectivity index (χ3n) is 6.03. The molecule has 0 unspecified atom stereocenters. The third-order valence-corrected chi connectivity index (χ3v) is 6.03. The highest BCUT2D eigenvalue weighted by Gasteiger charge is 1.96. The molecule has 0 atom stereocenters. The van der Waals surface area contributed by atoms with Gasteiger partial charge < -0.3 is 5.11 Å². The molecular formula is C30H54O2. The van der Waals surface area contributed by atoms with E-state index in [4.69, 9.17) is 5.11 Å². The Morgan fingerprint density at radius 2 is 0.844 bits per heavy atom. The smallest absolute Gasteiger partial charge is 0.303 e. The molecule has 0 aromatic carbocycles. The normalized spacial score (nSPS) is 12.0. The summed E-state index contributed by atoms with van der Waals surface area (Å²) in [6.45, 7) is 2.28. The van der Waals surface area contributed by atoms with Crippen LogP contribution in [0.1, 0.15) is 148 Å². The number of carbonyl (C=O) groups is 1. The highest BCUT2D eigenvalue weighted by atomic mass is 16.4. The molecule has 0 heterocycles. The van der Waals surface area contributed by atoms with Crippen molar-refractivity contribution in [2.24, 2.45) is 0 Å². The maximum Gasteiger partial charge on any atom is 0.303 e. The number of unbranched alkanes of at least 4 members (excludes halogenated alkanes) is 17. The van der Waals surface area contributed by atoms with Gasteiger partial charge in [-0.1, -0.05) is 133 Å². The van der Waals surface area contributed by atoms with Gasteiger partial charge in [0, 0.05) is 6.42 Å². The van der Waals surface area contributed by atoms with Crippen molar-refractivity contribution < 1.29 is 9.90 Å². The number of hydrogen-bond donors (Lipinski definition) is 1. The van der Waals surface area contributed by atoms with Crippen molar-refractivity contribution >= 4 is 5.97 Å². The predicted molar refractivity (Wildman–Crippen MR) is 142 cm³/mol. The Hall–Kier alpha value is -1.31. The van der Waals surface area contributed by atoms with Gasteiger partial charge in [0.05, 0.1) is 0 Å². The molecule has 0 saturated carbocycles. The zero-order valence-corrected chi connectivity index (χ0v) is 21.4. The monoisotopic (exact) mass is 446 g/mol. The molecule has 0 aromatic rings. The van der Waals surface area contributed by atoms with Gasteiger partial charge in [-0.15, -0.1) is 0 Å². The first-order valence-electron chi connectivity index (χ1n) is 13.9. The van der Waals surface area contributed by atoms with Crippen LogP contribution < -0.4 is 0 Å². The van der Waals surface area contributed by atoms with Crippen molar-refractivity contribution in [3.8, 4) is 0 Å². The van der Waals surface area contributed by atoms with E-state index in [-0.39, 0.29) is 0 Å². The molecule has 0 aliphatic rings. The molecule has 0 saturated heterocycles. The Bertz CT molecular complexity index is 461. The van der Waals surface area contributed by atoms with Gasteiger partial charge in [0.2, 0.25) is 0 Å². The highest BCUT2D eigenvalue weighted by molar-refractivity contribution is 5.66. The van der Waals surface area contributed by atoms with Gasteiger partial charge in [0.25, 0.3) is 0 Å². The minimum Gasteiger partial charge on any atom is -0.481 e. The van der Waals surface area contributed by atoms with Crippen LogP contribution in [0.25, 0.3) is 0 Å². The van der Waals surface area contributed by atoms with E-state index in [9.17, 15) is 4.79 Å². The van der Waals surface area contributed by atoms with Crippen molar-refractivity contribution in [1.82, 2.24) is 0 Å². The van der Waals surface area contributed by atoms with Gasteiger partial charge in [0.1, 0.15) is 0 Å². The summed E-state index contributed by atoms with van der Waals surface area (Å²) >= 11 is 0. The molecule has 0 spiro atoms. The van der Waals surface area contributed by atoms with Crippen LogP contribution in [0, 0.1) is 0 Å². The van der Waals surface area contributed by atoms with Gasteiger partial charge in [0.15, 0.2) is 0 Å². The molecule has 2 heteroatoms. The first-order valence-corrected chi connectivity index (χ1v) is 13.9. The first-order chi connectivity index (χ1) is 15.8. The lowest BCUT2D eigenvalue weighted by molar-refractivity contribution is -0.137. The molecule has 0 aromatic heterocycles. The van der Waals surface area contributed by atoms with Crippen molar-refractivity contribution in [3.63, 3.8) is 0 Å². The molecule has 0 rings (SSSR count). The molecular weight excluding hydrogens is 392 g/mol. The quantitative estimate of drug-likeness (QED) is 0.112. The fourth-order valence-corrected chi connectivity index (χ4v) is 3.95. The standard InChI is InChI=1S/C30H54O2/c1-2-3-4-5-6-7-8-9-10-11-12-13-14-15-16-17-18-19-20-21-22-23-24-25-26-27-28-29-30(31)32/h12-13,15-16,18-19H,2-11,14,17,20-29H2,1H3,(H,31,32).